The van der Waals surface area contributed by atoms with E-state index in [1.807, 2.05) is 51.1 Å². The molecule has 3 rings (SSSR count). The average molecular weight is 437 g/mol. The molecule has 0 bridgehead atoms. The highest BCUT2D eigenvalue weighted by atomic mass is 16.6. The van der Waals surface area contributed by atoms with Crippen LogP contribution in [0.2, 0.25) is 0 Å². The molecule has 1 saturated heterocycles. The number of nitrogens with one attached hydrogen (secondary N) is 1. The van der Waals surface area contributed by atoms with Crippen molar-refractivity contribution >= 4 is 17.5 Å². The van der Waals surface area contributed by atoms with Crippen LogP contribution in [0.15, 0.2) is 42.5 Å². The molecule has 0 aromatic heterocycles. The Kier molecular flexibility index (Phi) is 6.98. The molecule has 2 aromatic rings. The van der Waals surface area contributed by atoms with Gasteiger partial charge < -0.3 is 15.0 Å². The van der Waals surface area contributed by atoms with Crippen LogP contribution in [0, 0.1) is 21.4 Å². The monoisotopic (exact) mass is 436 g/mol. The minimum atomic E-state index is -0.516. The summed E-state index contributed by atoms with van der Waals surface area (Å²) in [4.78, 5) is 25.0. The molecule has 0 aliphatic carbocycles. The van der Waals surface area contributed by atoms with Crippen molar-refractivity contribution < 1.29 is 14.5 Å². The number of para-hydroxylation sites is 1. The molecule has 0 radical (unpaired) electrons. The number of nitro benzene ring substituents is 1. The molecule has 1 aliphatic heterocycles. The van der Waals surface area contributed by atoms with E-state index in [2.05, 4.69) is 5.32 Å². The second kappa shape index (κ2) is 9.69. The molecule has 1 fully saturated rings. The quantitative estimate of drug-likeness (QED) is 0.510. The van der Waals surface area contributed by atoms with Crippen LogP contribution in [0.1, 0.15) is 56.2 Å². The molecule has 2 aromatic carbocycles. The minimum Gasteiger partial charge on any atom is -0.444 e. The number of hydrogen-bond acceptors (Lipinski definition) is 6. The summed E-state index contributed by atoms with van der Waals surface area (Å²) in [5.74, 6) is 0.235. The Morgan fingerprint density at radius 1 is 1.28 bits per heavy atom. The van der Waals surface area contributed by atoms with E-state index in [0.717, 1.165) is 24.1 Å². The molecular weight excluding hydrogens is 408 g/mol. The summed E-state index contributed by atoms with van der Waals surface area (Å²) < 4.78 is 5.51. The van der Waals surface area contributed by atoms with Crippen molar-refractivity contribution in [1.82, 2.24) is 4.90 Å². The number of amides is 1. The third-order valence-electron chi connectivity index (χ3n) is 5.36. The summed E-state index contributed by atoms with van der Waals surface area (Å²) in [6.45, 7) is 7.15. The van der Waals surface area contributed by atoms with Gasteiger partial charge in [-0.15, -0.1) is 0 Å². The fraction of sp³-hybridized carbons (Fsp3) is 0.417. The highest BCUT2D eigenvalue weighted by Crippen LogP contribution is 2.29. The first-order valence-electron chi connectivity index (χ1n) is 10.7. The fourth-order valence-corrected chi connectivity index (χ4v) is 3.85. The Hall–Kier alpha value is -3.60. The molecule has 1 N–H and O–H groups in total. The number of likely N-dealkylation sites (tertiary alicyclic amines) is 1. The van der Waals surface area contributed by atoms with Gasteiger partial charge in [-0.3, -0.25) is 10.1 Å². The fourth-order valence-electron chi connectivity index (χ4n) is 3.85. The van der Waals surface area contributed by atoms with Gasteiger partial charge in [0.1, 0.15) is 17.2 Å². The Morgan fingerprint density at radius 3 is 2.62 bits per heavy atom. The van der Waals surface area contributed by atoms with Gasteiger partial charge in [0.05, 0.1) is 10.5 Å². The smallest absolute Gasteiger partial charge is 0.410 e. The summed E-state index contributed by atoms with van der Waals surface area (Å²) in [6.07, 6.45) is 1.64. The lowest BCUT2D eigenvalue weighted by molar-refractivity contribution is -0.385. The Balaban J connectivity index is 1.64. The number of carbonyl (C=O) groups excluding carboxylic acids is 1. The zero-order valence-corrected chi connectivity index (χ0v) is 18.6. The van der Waals surface area contributed by atoms with E-state index in [9.17, 15) is 14.9 Å². The number of nitriles is 1. The van der Waals surface area contributed by atoms with E-state index in [4.69, 9.17) is 10.00 Å². The van der Waals surface area contributed by atoms with Crippen molar-refractivity contribution in [3.63, 3.8) is 0 Å². The highest BCUT2D eigenvalue weighted by Gasteiger charge is 2.28. The molecule has 8 heteroatoms. The lowest BCUT2D eigenvalue weighted by Gasteiger charge is -2.34. The maximum absolute atomic E-state index is 12.4. The first-order chi connectivity index (χ1) is 15.2. The largest absolute Gasteiger partial charge is 0.444 e. The number of rotatable bonds is 5. The Bertz CT molecular complexity index is 1020. The Morgan fingerprint density at radius 2 is 2.00 bits per heavy atom. The SMILES string of the molecule is CC(C)(C)OC(=O)N1CCC[C@@H](c2ccc(NCc3cccc(C#N)c3[N+](=O)[O-])cc2)C1. The minimum absolute atomic E-state index is 0.0523. The van der Waals surface area contributed by atoms with Gasteiger partial charge in [-0.1, -0.05) is 24.3 Å². The van der Waals surface area contributed by atoms with Crippen LogP contribution in [0.4, 0.5) is 16.2 Å². The molecular formula is C24H28N4O4. The molecule has 8 nitrogen and oxygen atoms in total. The molecule has 0 unspecified atom stereocenters. The van der Waals surface area contributed by atoms with E-state index in [0.29, 0.717) is 18.7 Å². The predicted octanol–water partition coefficient (Wildman–Crippen LogP) is 5.19. The van der Waals surface area contributed by atoms with E-state index >= 15 is 0 Å². The van der Waals surface area contributed by atoms with E-state index in [-0.39, 0.29) is 29.8 Å². The number of nitrogens with zero attached hydrogens (tertiary/aromatic N) is 3. The predicted molar refractivity (Wildman–Crippen MR) is 121 cm³/mol. The van der Waals surface area contributed by atoms with Crippen LogP contribution in [-0.2, 0) is 11.3 Å². The summed E-state index contributed by atoms with van der Waals surface area (Å²) in [7, 11) is 0. The van der Waals surface area contributed by atoms with Gasteiger partial charge in [0.2, 0.25) is 0 Å². The van der Waals surface area contributed by atoms with Gasteiger partial charge in [0.15, 0.2) is 0 Å². The number of piperidine rings is 1. The lowest BCUT2D eigenvalue weighted by atomic mass is 9.90. The number of hydrogen-bond donors (Lipinski definition) is 1. The van der Waals surface area contributed by atoms with Gasteiger partial charge >= 0.3 is 6.09 Å². The maximum Gasteiger partial charge on any atom is 0.410 e. The number of anilines is 1. The molecule has 0 saturated carbocycles. The van der Waals surface area contributed by atoms with E-state index in [1.54, 1.807) is 17.0 Å². The van der Waals surface area contributed by atoms with Crippen molar-refractivity contribution in [1.29, 1.82) is 5.26 Å². The van der Waals surface area contributed by atoms with Crippen LogP contribution in [0.5, 0.6) is 0 Å². The third-order valence-corrected chi connectivity index (χ3v) is 5.36. The normalized spacial score (nSPS) is 16.2. The van der Waals surface area contributed by atoms with Crippen molar-refractivity contribution in [2.45, 2.75) is 51.7 Å². The average Bonchev–Trinajstić information content (AvgIpc) is 2.76. The number of nitro groups is 1. The Labute approximate surface area is 187 Å². The molecule has 1 atom stereocenters. The lowest BCUT2D eigenvalue weighted by Crippen LogP contribution is -2.42. The molecule has 1 heterocycles. The van der Waals surface area contributed by atoms with Gasteiger partial charge in [-0.2, -0.15) is 5.26 Å². The molecule has 168 valence electrons. The molecule has 1 amide bonds. The zero-order chi connectivity index (χ0) is 23.3. The van der Waals surface area contributed by atoms with Crippen LogP contribution in [-0.4, -0.2) is 34.6 Å². The number of carbonyl (C=O) groups is 1. The van der Waals surface area contributed by atoms with Crippen LogP contribution in [0.25, 0.3) is 0 Å². The van der Waals surface area contributed by atoms with Crippen molar-refractivity contribution in [3.8, 4) is 6.07 Å². The maximum atomic E-state index is 12.4. The molecule has 32 heavy (non-hydrogen) atoms. The summed E-state index contributed by atoms with van der Waals surface area (Å²) in [5.41, 5.74) is 1.80. The second-order valence-electron chi connectivity index (χ2n) is 8.92. The van der Waals surface area contributed by atoms with Gasteiger partial charge in [0, 0.05) is 31.2 Å². The van der Waals surface area contributed by atoms with E-state index < -0.39 is 10.5 Å². The zero-order valence-electron chi connectivity index (χ0n) is 18.6. The van der Waals surface area contributed by atoms with E-state index in [1.165, 1.54) is 6.07 Å². The van der Waals surface area contributed by atoms with Crippen molar-refractivity contribution in [2.24, 2.45) is 0 Å². The number of benzene rings is 2. The number of ether oxygens (including phenoxy) is 1. The molecule has 0 spiro atoms. The summed E-state index contributed by atoms with van der Waals surface area (Å²) in [5, 5.41) is 23.7. The first-order valence-corrected chi connectivity index (χ1v) is 10.7. The molecule has 1 aliphatic rings. The van der Waals surface area contributed by atoms with Crippen LogP contribution < -0.4 is 5.32 Å². The summed E-state index contributed by atoms with van der Waals surface area (Å²) >= 11 is 0. The van der Waals surface area contributed by atoms with Gasteiger partial charge in [-0.25, -0.2) is 4.79 Å². The second-order valence-corrected chi connectivity index (χ2v) is 8.92. The van der Waals surface area contributed by atoms with Gasteiger partial charge in [0.25, 0.3) is 5.69 Å². The van der Waals surface area contributed by atoms with Gasteiger partial charge in [-0.05, 0) is 57.4 Å². The third kappa shape index (κ3) is 5.76. The van der Waals surface area contributed by atoms with Crippen molar-refractivity contribution in [2.75, 3.05) is 18.4 Å². The van der Waals surface area contributed by atoms with Crippen molar-refractivity contribution in [3.05, 3.63) is 69.3 Å². The topological polar surface area (TPSA) is 108 Å². The standard InChI is InChI=1S/C24H28N4O4/c1-24(2,3)32-23(29)27-13-5-8-20(16-27)17-9-11-21(12-10-17)26-15-19-7-4-6-18(14-25)22(19)28(30)31/h4,6-7,9-12,20,26H,5,8,13,15-16H2,1-3H3/t20-/m1/s1. The first kappa shape index (κ1) is 23.1. The van der Waals surface area contributed by atoms with Crippen LogP contribution in [0.3, 0.4) is 0 Å². The summed E-state index contributed by atoms with van der Waals surface area (Å²) in [6, 6.07) is 14.5. The highest BCUT2D eigenvalue weighted by molar-refractivity contribution is 5.68. The van der Waals surface area contributed by atoms with Crippen LogP contribution >= 0.6 is 0 Å².